The molecule has 0 bridgehead atoms. The van der Waals surface area contributed by atoms with E-state index in [1.54, 1.807) is 7.11 Å². The highest BCUT2D eigenvalue weighted by Crippen LogP contribution is 2.15. The minimum absolute atomic E-state index is 0.341. The monoisotopic (exact) mass is 254 g/mol. The molecule has 0 radical (unpaired) electrons. The second-order valence-electron chi connectivity index (χ2n) is 4.25. The summed E-state index contributed by atoms with van der Waals surface area (Å²) in [5.41, 5.74) is 3.54. The van der Waals surface area contributed by atoms with E-state index in [0.717, 1.165) is 11.5 Å². The lowest BCUT2D eigenvalue weighted by molar-refractivity contribution is 0.0716. The van der Waals surface area contributed by atoms with Crippen molar-refractivity contribution < 1.29 is 9.47 Å². The van der Waals surface area contributed by atoms with Crippen LogP contribution in [0, 0.1) is 0 Å². The van der Waals surface area contributed by atoms with Crippen molar-refractivity contribution >= 4 is 5.82 Å². The van der Waals surface area contributed by atoms with Gasteiger partial charge in [-0.25, -0.2) is 15.8 Å². The Balaban J connectivity index is 2.56. The van der Waals surface area contributed by atoms with Crippen molar-refractivity contribution in [3.63, 3.8) is 0 Å². The van der Waals surface area contributed by atoms with E-state index in [2.05, 4.69) is 29.2 Å². The number of nitrogens with one attached hydrogen (secondary N) is 1. The van der Waals surface area contributed by atoms with Gasteiger partial charge in [-0.3, -0.25) is 0 Å². The van der Waals surface area contributed by atoms with Crippen molar-refractivity contribution in [2.75, 3.05) is 32.4 Å². The van der Waals surface area contributed by atoms with Gasteiger partial charge in [-0.15, -0.1) is 0 Å². The van der Waals surface area contributed by atoms with Crippen molar-refractivity contribution in [2.45, 2.75) is 26.2 Å². The molecule has 1 rings (SSSR count). The van der Waals surface area contributed by atoms with Gasteiger partial charge in [0.25, 0.3) is 0 Å². The molecule has 1 heterocycles. The third-order valence-corrected chi connectivity index (χ3v) is 2.43. The van der Waals surface area contributed by atoms with Crippen LogP contribution in [-0.4, -0.2) is 36.9 Å². The van der Waals surface area contributed by atoms with Gasteiger partial charge < -0.3 is 14.9 Å². The Kier molecular flexibility index (Phi) is 6.56. The van der Waals surface area contributed by atoms with Gasteiger partial charge in [0.2, 0.25) is 0 Å². The highest BCUT2D eigenvalue weighted by molar-refractivity contribution is 5.35. The Labute approximate surface area is 108 Å². The highest BCUT2D eigenvalue weighted by atomic mass is 16.5. The van der Waals surface area contributed by atoms with E-state index in [9.17, 15) is 0 Å². The van der Waals surface area contributed by atoms with Gasteiger partial charge in [0.1, 0.15) is 11.6 Å². The quantitative estimate of drug-likeness (QED) is 0.410. The molecule has 6 nitrogen and oxygen atoms in total. The molecule has 0 unspecified atom stereocenters. The van der Waals surface area contributed by atoms with E-state index in [0.29, 0.717) is 38.0 Å². The first-order chi connectivity index (χ1) is 8.67. The highest BCUT2D eigenvalue weighted by Gasteiger charge is 2.07. The summed E-state index contributed by atoms with van der Waals surface area (Å²) in [5.74, 6) is 7.12. The molecular weight excluding hydrogens is 232 g/mol. The Morgan fingerprint density at radius 3 is 2.67 bits per heavy atom. The molecule has 6 heteroatoms. The SMILES string of the molecule is COCCOCCc1nc(NN)cc(C(C)C)n1. The van der Waals surface area contributed by atoms with E-state index in [1.807, 2.05) is 6.07 Å². The molecule has 0 spiro atoms. The van der Waals surface area contributed by atoms with E-state index < -0.39 is 0 Å². The zero-order chi connectivity index (χ0) is 13.4. The summed E-state index contributed by atoms with van der Waals surface area (Å²) in [7, 11) is 1.65. The lowest BCUT2D eigenvalue weighted by Gasteiger charge is -2.10. The molecule has 0 aliphatic rings. The molecule has 0 aliphatic carbocycles. The van der Waals surface area contributed by atoms with Crippen LogP contribution in [0.25, 0.3) is 0 Å². The number of nitrogens with two attached hydrogens (primary N) is 1. The number of methoxy groups -OCH3 is 1. The number of aromatic nitrogens is 2. The molecule has 0 saturated heterocycles. The molecular formula is C12H22N4O2. The minimum atomic E-state index is 0.341. The number of anilines is 1. The fourth-order valence-corrected chi connectivity index (χ4v) is 1.41. The first-order valence-corrected chi connectivity index (χ1v) is 6.08. The molecule has 102 valence electrons. The van der Waals surface area contributed by atoms with Crippen molar-refractivity contribution in [3.05, 3.63) is 17.6 Å². The average molecular weight is 254 g/mol. The largest absolute Gasteiger partial charge is 0.382 e. The summed E-state index contributed by atoms with van der Waals surface area (Å²) >= 11 is 0. The topological polar surface area (TPSA) is 82.3 Å². The maximum Gasteiger partial charge on any atom is 0.143 e. The number of hydrogen-bond donors (Lipinski definition) is 2. The van der Waals surface area contributed by atoms with Crippen molar-refractivity contribution in [3.8, 4) is 0 Å². The summed E-state index contributed by atoms with van der Waals surface area (Å²) < 4.78 is 10.3. The van der Waals surface area contributed by atoms with Crippen LogP contribution in [0.5, 0.6) is 0 Å². The van der Waals surface area contributed by atoms with Crippen LogP contribution in [0.2, 0.25) is 0 Å². The summed E-state index contributed by atoms with van der Waals surface area (Å²) in [6.07, 6.45) is 0.666. The van der Waals surface area contributed by atoms with E-state index in [-0.39, 0.29) is 0 Å². The number of ether oxygens (including phenoxy) is 2. The van der Waals surface area contributed by atoms with Gasteiger partial charge in [0, 0.05) is 25.3 Å². The molecule has 0 aliphatic heterocycles. The predicted octanol–water partition coefficient (Wildman–Crippen LogP) is 1.09. The minimum Gasteiger partial charge on any atom is -0.382 e. The van der Waals surface area contributed by atoms with Crippen molar-refractivity contribution in [1.82, 2.24) is 9.97 Å². The number of hydrazine groups is 1. The predicted molar refractivity (Wildman–Crippen MR) is 70.3 cm³/mol. The Morgan fingerprint density at radius 1 is 1.28 bits per heavy atom. The Hall–Kier alpha value is -1.24. The van der Waals surface area contributed by atoms with Gasteiger partial charge in [-0.1, -0.05) is 13.8 Å². The standard InChI is InChI=1S/C12H22N4O2/c1-9(2)10-8-12(16-13)15-11(14-10)4-5-18-7-6-17-3/h8-9H,4-7,13H2,1-3H3,(H,14,15,16). The van der Waals surface area contributed by atoms with Gasteiger partial charge in [-0.2, -0.15) is 0 Å². The van der Waals surface area contributed by atoms with Crippen molar-refractivity contribution in [1.29, 1.82) is 0 Å². The molecule has 0 aromatic carbocycles. The molecule has 1 aromatic rings. The lowest BCUT2D eigenvalue weighted by Crippen LogP contribution is -2.13. The Bertz CT molecular complexity index is 358. The van der Waals surface area contributed by atoms with Crippen LogP contribution >= 0.6 is 0 Å². The maximum absolute atomic E-state index is 5.40. The molecule has 1 aromatic heterocycles. The van der Waals surface area contributed by atoms with E-state index in [1.165, 1.54) is 0 Å². The fraction of sp³-hybridized carbons (Fsp3) is 0.667. The molecule has 3 N–H and O–H groups in total. The second kappa shape index (κ2) is 7.97. The summed E-state index contributed by atoms with van der Waals surface area (Å²) in [4.78, 5) is 8.77. The van der Waals surface area contributed by atoms with Crippen LogP contribution < -0.4 is 11.3 Å². The fourth-order valence-electron chi connectivity index (χ4n) is 1.41. The van der Waals surface area contributed by atoms with Crippen molar-refractivity contribution in [2.24, 2.45) is 5.84 Å². The molecule has 18 heavy (non-hydrogen) atoms. The summed E-state index contributed by atoms with van der Waals surface area (Å²) in [5, 5.41) is 0. The van der Waals surface area contributed by atoms with E-state index in [4.69, 9.17) is 15.3 Å². The summed E-state index contributed by atoms with van der Waals surface area (Å²) in [6.45, 7) is 5.93. The molecule has 0 saturated carbocycles. The van der Waals surface area contributed by atoms with Crippen LogP contribution in [0.4, 0.5) is 5.82 Å². The number of nitrogen functional groups attached to an aromatic ring is 1. The smallest absolute Gasteiger partial charge is 0.143 e. The van der Waals surface area contributed by atoms with Gasteiger partial charge in [0.05, 0.1) is 19.8 Å². The van der Waals surface area contributed by atoms with Crippen LogP contribution in [0.1, 0.15) is 31.3 Å². The Morgan fingerprint density at radius 2 is 2.06 bits per heavy atom. The normalized spacial score (nSPS) is 10.9. The van der Waals surface area contributed by atoms with Gasteiger partial charge in [0.15, 0.2) is 0 Å². The maximum atomic E-state index is 5.40. The first-order valence-electron chi connectivity index (χ1n) is 6.08. The zero-order valence-electron chi connectivity index (χ0n) is 11.3. The average Bonchev–Trinajstić information content (AvgIpc) is 2.38. The summed E-state index contributed by atoms with van der Waals surface area (Å²) in [6, 6.07) is 1.86. The van der Waals surface area contributed by atoms with Crippen LogP contribution in [0.15, 0.2) is 6.07 Å². The van der Waals surface area contributed by atoms with Gasteiger partial charge >= 0.3 is 0 Å². The third kappa shape index (κ3) is 4.95. The lowest BCUT2D eigenvalue weighted by atomic mass is 10.1. The third-order valence-electron chi connectivity index (χ3n) is 2.43. The molecule has 0 atom stereocenters. The van der Waals surface area contributed by atoms with Crippen LogP contribution in [-0.2, 0) is 15.9 Å². The molecule has 0 fully saturated rings. The number of nitrogens with zero attached hydrogens (tertiary/aromatic N) is 2. The van der Waals surface area contributed by atoms with E-state index >= 15 is 0 Å². The number of rotatable bonds is 8. The van der Waals surface area contributed by atoms with Crippen LogP contribution in [0.3, 0.4) is 0 Å². The molecule has 0 amide bonds. The zero-order valence-corrected chi connectivity index (χ0v) is 11.3. The number of hydrogen-bond acceptors (Lipinski definition) is 6. The van der Waals surface area contributed by atoms with Gasteiger partial charge in [-0.05, 0) is 5.92 Å². The second-order valence-corrected chi connectivity index (χ2v) is 4.25. The first kappa shape index (κ1) is 14.8.